The van der Waals surface area contributed by atoms with Gasteiger partial charge in [0.15, 0.2) is 0 Å². The van der Waals surface area contributed by atoms with Crippen LogP contribution in [-0.2, 0) is 11.8 Å². The van der Waals surface area contributed by atoms with E-state index in [1.54, 1.807) is 17.7 Å². The van der Waals surface area contributed by atoms with Gasteiger partial charge in [-0.25, -0.2) is 0 Å². The molecule has 5 nitrogen and oxygen atoms in total. The third kappa shape index (κ3) is 4.13. The number of amides is 1. The Morgan fingerprint density at radius 1 is 1.38 bits per heavy atom. The van der Waals surface area contributed by atoms with Crippen LogP contribution in [0, 0.1) is 0 Å². The normalized spacial score (nSPS) is 23.3. The topological polar surface area (TPSA) is 46.5 Å². The van der Waals surface area contributed by atoms with Crippen LogP contribution in [-0.4, -0.2) is 53.8 Å². The van der Waals surface area contributed by atoms with E-state index >= 15 is 0 Å². The Balaban J connectivity index is 1.83. The van der Waals surface area contributed by atoms with Gasteiger partial charge < -0.3 is 14.6 Å². The number of hydrogen-bond donors (Lipinski definition) is 1. The van der Waals surface area contributed by atoms with Gasteiger partial charge in [0.25, 0.3) is 5.91 Å². The molecule has 1 aliphatic rings. The number of rotatable bonds is 4. The van der Waals surface area contributed by atoms with Gasteiger partial charge in [0.1, 0.15) is 10.8 Å². The first-order chi connectivity index (χ1) is 9.88. The highest BCUT2D eigenvalue weighted by atomic mass is 35.5. The van der Waals surface area contributed by atoms with E-state index in [1.807, 2.05) is 0 Å². The molecule has 1 fully saturated rings. The smallest absolute Gasteiger partial charge is 0.268 e. The molecule has 2 heterocycles. The molecule has 1 aromatic heterocycles. The predicted octanol–water partition coefficient (Wildman–Crippen LogP) is 2.17. The van der Waals surface area contributed by atoms with Gasteiger partial charge in [-0.3, -0.25) is 9.69 Å². The second kappa shape index (κ2) is 7.01. The van der Waals surface area contributed by atoms with E-state index in [9.17, 15) is 4.79 Å². The molecular formula is C14H21Cl2N3O2. The van der Waals surface area contributed by atoms with E-state index in [2.05, 4.69) is 24.1 Å². The number of halogens is 2. The number of hydrogen-bond acceptors (Lipinski definition) is 3. The summed E-state index contributed by atoms with van der Waals surface area (Å²) >= 11 is 11.9. The van der Waals surface area contributed by atoms with Gasteiger partial charge in [-0.1, -0.05) is 23.2 Å². The lowest BCUT2D eigenvalue weighted by molar-refractivity contribution is -0.0672. The second-order valence-corrected chi connectivity index (χ2v) is 6.27. The fourth-order valence-corrected chi connectivity index (χ4v) is 3.02. The van der Waals surface area contributed by atoms with E-state index in [-0.39, 0.29) is 18.1 Å². The zero-order chi connectivity index (χ0) is 15.6. The van der Waals surface area contributed by atoms with Crippen molar-refractivity contribution in [2.24, 2.45) is 7.05 Å². The lowest BCUT2D eigenvalue weighted by Gasteiger charge is -2.35. The molecule has 1 amide bonds. The van der Waals surface area contributed by atoms with Crippen LogP contribution in [0.5, 0.6) is 0 Å². The van der Waals surface area contributed by atoms with Gasteiger partial charge >= 0.3 is 0 Å². The molecule has 0 unspecified atom stereocenters. The van der Waals surface area contributed by atoms with Crippen molar-refractivity contribution in [2.45, 2.75) is 26.1 Å². The molecule has 0 saturated carbocycles. The predicted molar refractivity (Wildman–Crippen MR) is 84.2 cm³/mol. The minimum absolute atomic E-state index is 0.166. The molecule has 0 aromatic carbocycles. The van der Waals surface area contributed by atoms with Crippen molar-refractivity contribution in [3.05, 3.63) is 21.9 Å². The van der Waals surface area contributed by atoms with E-state index in [0.29, 0.717) is 22.4 Å². The van der Waals surface area contributed by atoms with Crippen molar-refractivity contribution in [3.63, 3.8) is 0 Å². The summed E-state index contributed by atoms with van der Waals surface area (Å²) in [6, 6.07) is 1.58. The summed E-state index contributed by atoms with van der Waals surface area (Å²) in [5.41, 5.74) is 0.466. The number of nitrogens with one attached hydrogen (secondary N) is 1. The first-order valence-electron chi connectivity index (χ1n) is 7.05. The van der Waals surface area contributed by atoms with Crippen molar-refractivity contribution in [1.29, 1.82) is 0 Å². The van der Waals surface area contributed by atoms with Gasteiger partial charge in [0, 0.05) is 33.2 Å². The maximum Gasteiger partial charge on any atom is 0.268 e. The summed E-state index contributed by atoms with van der Waals surface area (Å²) in [5.74, 6) is -0.166. The van der Waals surface area contributed by atoms with Crippen LogP contribution in [0.4, 0.5) is 0 Å². The number of nitrogens with zero attached hydrogens (tertiary/aromatic N) is 2. The summed E-state index contributed by atoms with van der Waals surface area (Å²) in [4.78, 5) is 14.4. The van der Waals surface area contributed by atoms with Crippen LogP contribution in [0.25, 0.3) is 0 Å². The molecule has 21 heavy (non-hydrogen) atoms. The van der Waals surface area contributed by atoms with Crippen molar-refractivity contribution < 1.29 is 9.53 Å². The van der Waals surface area contributed by atoms with Crippen LogP contribution in [0.1, 0.15) is 24.3 Å². The molecule has 1 aromatic rings. The molecule has 1 saturated heterocycles. The summed E-state index contributed by atoms with van der Waals surface area (Å²) in [5, 5.41) is 3.66. The summed E-state index contributed by atoms with van der Waals surface area (Å²) in [7, 11) is 1.72. The highest BCUT2D eigenvalue weighted by molar-refractivity contribution is 6.41. The average molecular weight is 334 g/mol. The van der Waals surface area contributed by atoms with Crippen molar-refractivity contribution in [3.8, 4) is 0 Å². The van der Waals surface area contributed by atoms with E-state index in [0.717, 1.165) is 19.6 Å². The molecule has 1 aliphatic heterocycles. The molecule has 2 rings (SSSR count). The lowest BCUT2D eigenvalue weighted by Crippen LogP contribution is -2.47. The lowest BCUT2D eigenvalue weighted by atomic mass is 10.2. The Morgan fingerprint density at radius 2 is 2.00 bits per heavy atom. The monoisotopic (exact) mass is 333 g/mol. The Bertz CT molecular complexity index is 509. The number of aromatic nitrogens is 1. The van der Waals surface area contributed by atoms with Gasteiger partial charge in [0.2, 0.25) is 0 Å². The average Bonchev–Trinajstić information content (AvgIpc) is 2.65. The molecule has 1 N–H and O–H groups in total. The van der Waals surface area contributed by atoms with E-state index < -0.39 is 0 Å². The first kappa shape index (κ1) is 16.6. The van der Waals surface area contributed by atoms with Crippen LogP contribution >= 0.6 is 23.2 Å². The Labute approximate surface area is 135 Å². The minimum atomic E-state index is -0.166. The SMILES string of the molecule is C[C@H]1CN(CCNC(=O)c2cc(Cl)c(Cl)n2C)C[C@H](C)O1. The Morgan fingerprint density at radius 3 is 2.52 bits per heavy atom. The van der Waals surface area contributed by atoms with Crippen LogP contribution in [0.2, 0.25) is 10.2 Å². The van der Waals surface area contributed by atoms with Gasteiger partial charge in [-0.15, -0.1) is 0 Å². The number of carbonyl (C=O) groups is 1. The van der Waals surface area contributed by atoms with Crippen molar-refractivity contribution in [2.75, 3.05) is 26.2 Å². The fourth-order valence-electron chi connectivity index (χ4n) is 2.65. The molecule has 0 bridgehead atoms. The highest BCUT2D eigenvalue weighted by Gasteiger charge is 2.22. The molecule has 0 radical (unpaired) electrons. The highest BCUT2D eigenvalue weighted by Crippen LogP contribution is 2.24. The van der Waals surface area contributed by atoms with Crippen LogP contribution in [0.15, 0.2) is 6.07 Å². The number of ether oxygens (including phenoxy) is 1. The fraction of sp³-hybridized carbons (Fsp3) is 0.643. The van der Waals surface area contributed by atoms with E-state index in [4.69, 9.17) is 27.9 Å². The zero-order valence-corrected chi connectivity index (χ0v) is 14.0. The molecule has 7 heteroatoms. The van der Waals surface area contributed by atoms with Crippen molar-refractivity contribution >= 4 is 29.1 Å². The zero-order valence-electron chi connectivity index (χ0n) is 12.5. The second-order valence-electron chi connectivity index (χ2n) is 5.50. The third-order valence-electron chi connectivity index (χ3n) is 3.56. The Kier molecular flexibility index (Phi) is 5.54. The minimum Gasteiger partial charge on any atom is -0.373 e. The van der Waals surface area contributed by atoms with Crippen LogP contribution < -0.4 is 5.32 Å². The molecule has 0 aliphatic carbocycles. The summed E-state index contributed by atoms with van der Waals surface area (Å²) in [6.07, 6.45) is 0.463. The Hall–Kier alpha value is -0.750. The van der Waals surface area contributed by atoms with Gasteiger partial charge in [0.05, 0.1) is 17.2 Å². The van der Waals surface area contributed by atoms with Gasteiger partial charge in [-0.2, -0.15) is 0 Å². The third-order valence-corrected chi connectivity index (χ3v) is 4.40. The maximum atomic E-state index is 12.1. The first-order valence-corrected chi connectivity index (χ1v) is 7.80. The van der Waals surface area contributed by atoms with Gasteiger partial charge in [-0.05, 0) is 19.9 Å². The van der Waals surface area contributed by atoms with Crippen molar-refractivity contribution in [1.82, 2.24) is 14.8 Å². The number of morpholine rings is 1. The standard InChI is InChI=1S/C14H21Cl2N3O2/c1-9-7-19(8-10(2)21-9)5-4-17-14(20)12-6-11(15)13(16)18(12)3/h6,9-10H,4-5,7-8H2,1-3H3,(H,17,20)/t9-,10-/m0/s1. The summed E-state index contributed by atoms with van der Waals surface area (Å²) < 4.78 is 7.26. The molecule has 0 spiro atoms. The quantitative estimate of drug-likeness (QED) is 0.918. The maximum absolute atomic E-state index is 12.1. The molecule has 118 valence electrons. The van der Waals surface area contributed by atoms with Crippen LogP contribution in [0.3, 0.4) is 0 Å². The molecular weight excluding hydrogens is 313 g/mol. The summed E-state index contributed by atoms with van der Waals surface area (Å²) in [6.45, 7) is 7.29. The van der Waals surface area contributed by atoms with E-state index in [1.165, 1.54) is 0 Å². The largest absolute Gasteiger partial charge is 0.373 e. The molecule has 2 atom stereocenters. The number of carbonyl (C=O) groups excluding carboxylic acids is 1.